The number of methoxy groups -OCH3 is 3. The van der Waals surface area contributed by atoms with Gasteiger partial charge in [0.25, 0.3) is 5.91 Å². The van der Waals surface area contributed by atoms with Crippen LogP contribution in [0.4, 0.5) is 5.69 Å². The Morgan fingerprint density at radius 1 is 0.943 bits per heavy atom. The number of hydrazine groups is 1. The summed E-state index contributed by atoms with van der Waals surface area (Å²) in [6, 6.07) is 17.8. The van der Waals surface area contributed by atoms with E-state index in [2.05, 4.69) is 32.0 Å². The van der Waals surface area contributed by atoms with Crippen molar-refractivity contribution in [1.29, 1.82) is 0 Å². The third-order valence-electron chi connectivity index (χ3n) is 5.26. The summed E-state index contributed by atoms with van der Waals surface area (Å²) in [5, 5.41) is 6.18. The van der Waals surface area contributed by atoms with Crippen molar-refractivity contribution in [2.45, 2.75) is 6.04 Å². The van der Waals surface area contributed by atoms with E-state index in [0.717, 1.165) is 15.6 Å². The van der Waals surface area contributed by atoms with E-state index in [1.54, 1.807) is 18.2 Å². The van der Waals surface area contributed by atoms with Crippen LogP contribution in [0.1, 0.15) is 27.5 Å². The van der Waals surface area contributed by atoms with E-state index in [1.807, 2.05) is 42.5 Å². The molecule has 0 aliphatic rings. The monoisotopic (exact) mass is 542 g/mol. The molecule has 35 heavy (non-hydrogen) atoms. The molecule has 1 atom stereocenters. The second-order valence-corrected chi connectivity index (χ2v) is 8.31. The Balaban J connectivity index is 2.01. The third-order valence-corrected chi connectivity index (χ3v) is 5.75. The van der Waals surface area contributed by atoms with Crippen molar-refractivity contribution >= 4 is 33.4 Å². The van der Waals surface area contributed by atoms with Crippen LogP contribution < -0.4 is 36.1 Å². The molecule has 2 amide bonds. The first-order valence-corrected chi connectivity index (χ1v) is 11.4. The van der Waals surface area contributed by atoms with Gasteiger partial charge in [0.2, 0.25) is 11.7 Å². The fourth-order valence-corrected chi connectivity index (χ4v) is 3.97. The van der Waals surface area contributed by atoms with Gasteiger partial charge in [0.1, 0.15) is 0 Å². The lowest BCUT2D eigenvalue weighted by Crippen LogP contribution is -2.39. The molecule has 0 fully saturated rings. The van der Waals surface area contributed by atoms with Crippen molar-refractivity contribution in [1.82, 2.24) is 10.7 Å². The van der Waals surface area contributed by atoms with Gasteiger partial charge in [-0.15, -0.1) is 0 Å². The summed E-state index contributed by atoms with van der Waals surface area (Å²) in [6.45, 7) is -0.0250. The lowest BCUT2D eigenvalue weighted by atomic mass is 9.96. The van der Waals surface area contributed by atoms with Crippen LogP contribution in [0.3, 0.4) is 0 Å². The number of carbonyl (C=O) groups is 2. The topological polar surface area (TPSA) is 124 Å². The Bertz CT molecular complexity index is 1160. The van der Waals surface area contributed by atoms with Crippen molar-refractivity contribution in [3.63, 3.8) is 0 Å². The number of nitrogens with two attached hydrogens (primary N) is 1. The van der Waals surface area contributed by atoms with E-state index in [4.69, 9.17) is 20.1 Å². The van der Waals surface area contributed by atoms with Crippen LogP contribution in [0.2, 0.25) is 0 Å². The van der Waals surface area contributed by atoms with E-state index in [1.165, 1.54) is 21.3 Å². The Labute approximate surface area is 212 Å². The van der Waals surface area contributed by atoms with Gasteiger partial charge >= 0.3 is 0 Å². The number of amides is 2. The smallest absolute Gasteiger partial charge is 0.255 e. The molecule has 0 aromatic heterocycles. The first-order chi connectivity index (χ1) is 16.9. The van der Waals surface area contributed by atoms with Crippen molar-refractivity contribution < 1.29 is 23.8 Å². The Morgan fingerprint density at radius 2 is 1.60 bits per heavy atom. The maximum absolute atomic E-state index is 13.3. The van der Waals surface area contributed by atoms with Gasteiger partial charge in [-0.25, -0.2) is 5.84 Å². The first-order valence-electron chi connectivity index (χ1n) is 10.6. The predicted molar refractivity (Wildman–Crippen MR) is 137 cm³/mol. The molecule has 0 bridgehead atoms. The molecule has 0 saturated heterocycles. The Kier molecular flexibility index (Phi) is 9.07. The molecule has 1 unspecified atom stereocenters. The van der Waals surface area contributed by atoms with Crippen LogP contribution in [0.25, 0.3) is 0 Å². The predicted octanol–water partition coefficient (Wildman–Crippen LogP) is 3.40. The molecule has 10 heteroatoms. The summed E-state index contributed by atoms with van der Waals surface area (Å²) < 4.78 is 16.9. The van der Waals surface area contributed by atoms with Gasteiger partial charge in [0.05, 0.1) is 33.9 Å². The molecule has 0 spiro atoms. The number of carbonyl (C=O) groups excluding carboxylic acids is 2. The van der Waals surface area contributed by atoms with Gasteiger partial charge in [-0.3, -0.25) is 20.3 Å². The van der Waals surface area contributed by atoms with E-state index < -0.39 is 6.04 Å². The summed E-state index contributed by atoms with van der Waals surface area (Å²) in [5.41, 5.74) is 4.64. The number of hydrogen-bond acceptors (Lipinski definition) is 7. The van der Waals surface area contributed by atoms with Crippen LogP contribution >= 0.6 is 15.9 Å². The van der Waals surface area contributed by atoms with Crippen LogP contribution in [-0.2, 0) is 4.79 Å². The highest BCUT2D eigenvalue weighted by Crippen LogP contribution is 2.39. The van der Waals surface area contributed by atoms with Crippen molar-refractivity contribution in [2.75, 3.05) is 33.2 Å². The van der Waals surface area contributed by atoms with Crippen molar-refractivity contribution in [3.8, 4) is 17.2 Å². The maximum Gasteiger partial charge on any atom is 0.255 e. The number of hydrogen-bond donors (Lipinski definition) is 4. The molecule has 0 aliphatic heterocycles. The number of nitrogens with one attached hydrogen (secondary N) is 3. The fraction of sp³-hybridized carbons (Fsp3) is 0.200. The minimum atomic E-state index is -0.416. The largest absolute Gasteiger partial charge is 0.493 e. The van der Waals surface area contributed by atoms with Crippen LogP contribution in [0.5, 0.6) is 17.2 Å². The lowest BCUT2D eigenvalue weighted by Gasteiger charge is -2.23. The number of rotatable bonds is 10. The molecule has 3 rings (SSSR count). The summed E-state index contributed by atoms with van der Waals surface area (Å²) in [5.74, 6) is 5.63. The van der Waals surface area contributed by atoms with Gasteiger partial charge in [-0.1, -0.05) is 46.3 Å². The van der Waals surface area contributed by atoms with Gasteiger partial charge in [-0.05, 0) is 41.5 Å². The van der Waals surface area contributed by atoms with E-state index in [-0.39, 0.29) is 18.4 Å². The minimum absolute atomic E-state index is 0.0250. The zero-order valence-electron chi connectivity index (χ0n) is 19.6. The number of benzene rings is 3. The maximum atomic E-state index is 13.3. The highest BCUT2D eigenvalue weighted by atomic mass is 79.9. The lowest BCUT2D eigenvalue weighted by molar-refractivity contribution is -0.120. The summed E-state index contributed by atoms with van der Waals surface area (Å²) >= 11 is 3.51. The normalized spacial score (nSPS) is 11.3. The average Bonchev–Trinajstić information content (AvgIpc) is 2.89. The van der Waals surface area contributed by atoms with Gasteiger partial charge < -0.3 is 19.5 Å². The third kappa shape index (κ3) is 6.30. The molecule has 9 nitrogen and oxygen atoms in total. The molecule has 3 aromatic carbocycles. The highest BCUT2D eigenvalue weighted by Gasteiger charge is 2.22. The van der Waals surface area contributed by atoms with Gasteiger partial charge in [-0.2, -0.15) is 0 Å². The molecule has 3 aromatic rings. The summed E-state index contributed by atoms with van der Waals surface area (Å²) in [7, 11) is 4.47. The molecule has 0 heterocycles. The van der Waals surface area contributed by atoms with E-state index in [0.29, 0.717) is 28.5 Å². The molecule has 0 radical (unpaired) electrons. The second kappa shape index (κ2) is 12.2. The Hall–Kier alpha value is -3.60. The highest BCUT2D eigenvalue weighted by molar-refractivity contribution is 9.10. The zero-order chi connectivity index (χ0) is 25.4. The van der Waals surface area contributed by atoms with E-state index >= 15 is 0 Å². The molecule has 184 valence electrons. The SMILES string of the molecule is COc1cc(C(=O)Nc2ccc(Br)cc2C(NCC(=O)NN)c2ccccc2)cc(OC)c1OC. The van der Waals surface area contributed by atoms with Gasteiger partial charge in [0, 0.05) is 15.7 Å². The number of ether oxygens (including phenoxy) is 3. The zero-order valence-corrected chi connectivity index (χ0v) is 21.1. The summed E-state index contributed by atoms with van der Waals surface area (Å²) in [6.07, 6.45) is 0. The minimum Gasteiger partial charge on any atom is -0.493 e. The molecule has 0 aliphatic carbocycles. The van der Waals surface area contributed by atoms with Crippen LogP contribution in [0, 0.1) is 0 Å². The van der Waals surface area contributed by atoms with E-state index in [9.17, 15) is 9.59 Å². The standard InChI is InChI=1S/C25H27BrN4O5/c1-33-20-11-16(12-21(34-2)24(20)35-3)25(32)29-19-10-9-17(26)13-18(19)23(28-14-22(31)30-27)15-7-5-4-6-8-15/h4-13,23,28H,14,27H2,1-3H3,(H,29,32)(H,30,31). The van der Waals surface area contributed by atoms with Crippen LogP contribution in [-0.4, -0.2) is 39.7 Å². The molecule has 0 saturated carbocycles. The molecular weight excluding hydrogens is 516 g/mol. The second-order valence-electron chi connectivity index (χ2n) is 7.39. The molecule has 5 N–H and O–H groups in total. The number of halogens is 1. The fourth-order valence-electron chi connectivity index (χ4n) is 3.59. The van der Waals surface area contributed by atoms with Crippen molar-refractivity contribution in [2.24, 2.45) is 5.84 Å². The quantitative estimate of drug-likeness (QED) is 0.176. The average molecular weight is 543 g/mol. The van der Waals surface area contributed by atoms with Gasteiger partial charge in [0.15, 0.2) is 11.5 Å². The van der Waals surface area contributed by atoms with Crippen molar-refractivity contribution in [3.05, 3.63) is 81.8 Å². The summed E-state index contributed by atoms with van der Waals surface area (Å²) in [4.78, 5) is 25.1. The molecular formula is C25H27BrN4O5. The Morgan fingerprint density at radius 3 is 2.17 bits per heavy atom. The number of anilines is 1. The first kappa shape index (κ1) is 26.0. The van der Waals surface area contributed by atoms with Crippen LogP contribution in [0.15, 0.2) is 65.1 Å².